The van der Waals surface area contributed by atoms with E-state index < -0.39 is 11.7 Å². The van der Waals surface area contributed by atoms with E-state index >= 15 is 0 Å². The van der Waals surface area contributed by atoms with Gasteiger partial charge in [0.05, 0.1) is 23.7 Å². The van der Waals surface area contributed by atoms with Crippen LogP contribution in [0, 0.1) is 0 Å². The molecule has 0 saturated carbocycles. The third kappa shape index (κ3) is 3.53. The standard InChI is InChI=1S/C13H16F3N5O/c1-2-3-8(6-22)19-11-10-9(20-12(17)21-11)4-7(5-18-10)13(14,15)16/h4-5,8,22H,2-3,6H2,1H3,(H3,17,19,20,21)/t8-/m0/s1. The molecule has 1 atom stereocenters. The fraction of sp³-hybridized carbons (Fsp3) is 0.462. The molecule has 0 unspecified atom stereocenters. The van der Waals surface area contributed by atoms with Crippen LogP contribution in [0.2, 0.25) is 0 Å². The molecule has 0 spiro atoms. The van der Waals surface area contributed by atoms with Crippen molar-refractivity contribution in [1.82, 2.24) is 15.0 Å². The van der Waals surface area contributed by atoms with E-state index in [9.17, 15) is 18.3 Å². The average molecular weight is 315 g/mol. The molecule has 2 aromatic rings. The Kier molecular flexibility index (Phi) is 4.65. The minimum Gasteiger partial charge on any atom is -0.394 e. The van der Waals surface area contributed by atoms with Crippen LogP contribution in [0.5, 0.6) is 0 Å². The Bertz CT molecular complexity index is 662. The molecule has 9 heteroatoms. The number of alkyl halides is 3. The molecule has 0 amide bonds. The maximum Gasteiger partial charge on any atom is 0.417 e. The minimum absolute atomic E-state index is 0.00184. The molecule has 22 heavy (non-hydrogen) atoms. The summed E-state index contributed by atoms with van der Waals surface area (Å²) >= 11 is 0. The summed E-state index contributed by atoms with van der Waals surface area (Å²) in [5, 5.41) is 12.3. The van der Waals surface area contributed by atoms with Gasteiger partial charge >= 0.3 is 6.18 Å². The summed E-state index contributed by atoms with van der Waals surface area (Å²) in [5.41, 5.74) is 4.81. The van der Waals surface area contributed by atoms with Crippen LogP contribution in [-0.2, 0) is 6.18 Å². The minimum atomic E-state index is -4.51. The number of nitrogen functional groups attached to an aromatic ring is 1. The van der Waals surface area contributed by atoms with Gasteiger partial charge in [-0.25, -0.2) is 4.98 Å². The third-order valence-corrected chi connectivity index (χ3v) is 3.08. The molecule has 120 valence electrons. The molecule has 2 rings (SSSR count). The number of pyridine rings is 1. The van der Waals surface area contributed by atoms with E-state index in [1.54, 1.807) is 0 Å². The monoisotopic (exact) mass is 315 g/mol. The Labute approximate surface area is 124 Å². The van der Waals surface area contributed by atoms with Gasteiger partial charge in [0.2, 0.25) is 5.95 Å². The van der Waals surface area contributed by atoms with Crippen molar-refractivity contribution in [3.63, 3.8) is 0 Å². The lowest BCUT2D eigenvalue weighted by atomic mass is 10.2. The lowest BCUT2D eigenvalue weighted by Gasteiger charge is -2.17. The second kappa shape index (κ2) is 6.30. The van der Waals surface area contributed by atoms with Crippen molar-refractivity contribution in [3.8, 4) is 0 Å². The Morgan fingerprint density at radius 2 is 2.09 bits per heavy atom. The molecule has 6 nitrogen and oxygen atoms in total. The van der Waals surface area contributed by atoms with Crippen molar-refractivity contribution in [2.75, 3.05) is 17.7 Å². The molecule has 0 aromatic carbocycles. The SMILES string of the molecule is CCC[C@@H](CO)Nc1nc(N)nc2cc(C(F)(F)F)cnc12. The van der Waals surface area contributed by atoms with Crippen LogP contribution >= 0.6 is 0 Å². The van der Waals surface area contributed by atoms with Gasteiger partial charge in [-0.2, -0.15) is 18.2 Å². The van der Waals surface area contributed by atoms with Crippen molar-refractivity contribution < 1.29 is 18.3 Å². The molecule has 0 fully saturated rings. The summed E-state index contributed by atoms with van der Waals surface area (Å²) in [5.74, 6) is 0.0491. The van der Waals surface area contributed by atoms with Gasteiger partial charge < -0.3 is 16.2 Å². The van der Waals surface area contributed by atoms with Gasteiger partial charge in [0.1, 0.15) is 5.52 Å². The zero-order valence-corrected chi connectivity index (χ0v) is 11.9. The summed E-state index contributed by atoms with van der Waals surface area (Å²) < 4.78 is 38.2. The molecular weight excluding hydrogens is 299 g/mol. The van der Waals surface area contributed by atoms with Crippen LogP contribution in [0.15, 0.2) is 12.3 Å². The van der Waals surface area contributed by atoms with E-state index in [0.29, 0.717) is 6.42 Å². The first-order valence-corrected chi connectivity index (χ1v) is 6.73. The number of halogens is 3. The van der Waals surface area contributed by atoms with Crippen molar-refractivity contribution in [3.05, 3.63) is 17.8 Å². The topological polar surface area (TPSA) is 97.0 Å². The van der Waals surface area contributed by atoms with E-state index in [-0.39, 0.29) is 35.4 Å². The number of anilines is 2. The summed E-state index contributed by atoms with van der Waals surface area (Å²) in [6.07, 6.45) is -2.30. The molecule has 2 heterocycles. The molecule has 0 aliphatic heterocycles. The highest BCUT2D eigenvalue weighted by molar-refractivity contribution is 5.86. The number of hydrogen-bond acceptors (Lipinski definition) is 6. The second-order valence-corrected chi connectivity index (χ2v) is 4.83. The number of nitrogens with one attached hydrogen (secondary N) is 1. The first-order chi connectivity index (χ1) is 10.3. The van der Waals surface area contributed by atoms with Crippen molar-refractivity contribution >= 4 is 22.8 Å². The normalized spacial score (nSPS) is 13.3. The smallest absolute Gasteiger partial charge is 0.394 e. The predicted octanol–water partition coefficient (Wildman–Crippen LogP) is 2.20. The Hall–Kier alpha value is -2.16. The number of nitrogens with zero attached hydrogens (tertiary/aromatic N) is 3. The fourth-order valence-corrected chi connectivity index (χ4v) is 2.04. The average Bonchev–Trinajstić information content (AvgIpc) is 2.44. The van der Waals surface area contributed by atoms with E-state index in [2.05, 4.69) is 20.3 Å². The van der Waals surface area contributed by atoms with Gasteiger partial charge in [-0.05, 0) is 12.5 Å². The number of rotatable bonds is 5. The summed E-state index contributed by atoms with van der Waals surface area (Å²) in [4.78, 5) is 11.5. The molecule has 4 N–H and O–H groups in total. The molecule has 0 aliphatic carbocycles. The van der Waals surface area contributed by atoms with Crippen molar-refractivity contribution in [1.29, 1.82) is 0 Å². The van der Waals surface area contributed by atoms with Crippen molar-refractivity contribution in [2.24, 2.45) is 0 Å². The van der Waals surface area contributed by atoms with Crippen LogP contribution in [-0.4, -0.2) is 32.7 Å². The molecule has 0 bridgehead atoms. The van der Waals surface area contributed by atoms with E-state index in [0.717, 1.165) is 18.7 Å². The summed E-state index contributed by atoms with van der Waals surface area (Å²) in [6.45, 7) is 1.81. The van der Waals surface area contributed by atoms with Crippen LogP contribution in [0.25, 0.3) is 11.0 Å². The first kappa shape index (κ1) is 16.2. The van der Waals surface area contributed by atoms with Gasteiger partial charge in [0.15, 0.2) is 5.82 Å². The number of nitrogens with two attached hydrogens (primary N) is 1. The Balaban J connectivity index is 2.46. The largest absolute Gasteiger partial charge is 0.417 e. The predicted molar refractivity (Wildman–Crippen MR) is 76.2 cm³/mol. The maximum absolute atomic E-state index is 12.7. The lowest BCUT2D eigenvalue weighted by molar-refractivity contribution is -0.137. The van der Waals surface area contributed by atoms with Crippen LogP contribution < -0.4 is 11.1 Å². The molecule has 0 aliphatic rings. The van der Waals surface area contributed by atoms with Crippen LogP contribution in [0.3, 0.4) is 0 Å². The maximum atomic E-state index is 12.7. The Morgan fingerprint density at radius 1 is 1.36 bits per heavy atom. The van der Waals surface area contributed by atoms with E-state index in [4.69, 9.17) is 5.73 Å². The number of aliphatic hydroxyl groups is 1. The fourth-order valence-electron chi connectivity index (χ4n) is 2.04. The third-order valence-electron chi connectivity index (χ3n) is 3.08. The van der Waals surface area contributed by atoms with Crippen LogP contribution in [0.1, 0.15) is 25.3 Å². The number of hydrogen-bond donors (Lipinski definition) is 3. The van der Waals surface area contributed by atoms with Gasteiger partial charge in [0.25, 0.3) is 0 Å². The highest BCUT2D eigenvalue weighted by atomic mass is 19.4. The Morgan fingerprint density at radius 3 is 2.68 bits per heavy atom. The number of fused-ring (bicyclic) bond motifs is 1. The van der Waals surface area contributed by atoms with E-state index in [1.807, 2.05) is 6.92 Å². The number of aliphatic hydroxyl groups excluding tert-OH is 1. The zero-order chi connectivity index (χ0) is 16.3. The lowest BCUT2D eigenvalue weighted by Crippen LogP contribution is -2.24. The summed E-state index contributed by atoms with van der Waals surface area (Å²) in [7, 11) is 0. The van der Waals surface area contributed by atoms with Crippen molar-refractivity contribution in [2.45, 2.75) is 32.0 Å². The van der Waals surface area contributed by atoms with Gasteiger partial charge in [-0.3, -0.25) is 4.98 Å². The molecule has 0 radical (unpaired) electrons. The van der Waals surface area contributed by atoms with E-state index in [1.165, 1.54) is 0 Å². The van der Waals surface area contributed by atoms with Crippen LogP contribution in [0.4, 0.5) is 24.9 Å². The summed E-state index contributed by atoms with van der Waals surface area (Å²) in [6, 6.07) is 0.589. The van der Waals surface area contributed by atoms with Gasteiger partial charge in [-0.15, -0.1) is 0 Å². The molecule has 0 saturated heterocycles. The number of aromatic nitrogens is 3. The second-order valence-electron chi connectivity index (χ2n) is 4.83. The highest BCUT2D eigenvalue weighted by Gasteiger charge is 2.31. The van der Waals surface area contributed by atoms with Gasteiger partial charge in [0, 0.05) is 6.20 Å². The van der Waals surface area contributed by atoms with Gasteiger partial charge in [-0.1, -0.05) is 13.3 Å². The zero-order valence-electron chi connectivity index (χ0n) is 11.9. The highest BCUT2D eigenvalue weighted by Crippen LogP contribution is 2.31. The quantitative estimate of drug-likeness (QED) is 0.782. The molecule has 2 aromatic heterocycles. The first-order valence-electron chi connectivity index (χ1n) is 6.73. The molecular formula is C13H16F3N5O.